The van der Waals surface area contributed by atoms with Gasteiger partial charge in [0.1, 0.15) is 11.1 Å². The summed E-state index contributed by atoms with van der Waals surface area (Å²) < 4.78 is 0. The number of nitriles is 1. The molecule has 0 aromatic carbocycles. The van der Waals surface area contributed by atoms with E-state index in [-0.39, 0.29) is 23.0 Å². The molecule has 5 nitrogen and oxygen atoms in total. The number of carbonyl (C=O) groups is 2. The number of ketones is 1. The number of aromatic nitrogens is 1. The van der Waals surface area contributed by atoms with Gasteiger partial charge in [-0.15, -0.1) is 0 Å². The van der Waals surface area contributed by atoms with Crippen molar-refractivity contribution in [2.75, 3.05) is 0 Å². The fourth-order valence-corrected chi connectivity index (χ4v) is 3.65. The molecule has 0 bridgehead atoms. The second-order valence-corrected chi connectivity index (χ2v) is 7.22. The quantitative estimate of drug-likeness (QED) is 0.662. The smallest absolute Gasteiger partial charge is 0.233 e. The number of hydrogen-bond donors (Lipinski definition) is 1. The molecule has 1 aromatic heterocycles. The Bertz CT molecular complexity index is 661. The van der Waals surface area contributed by atoms with E-state index in [1.165, 1.54) is 18.7 Å². The van der Waals surface area contributed by atoms with Gasteiger partial charge in [-0.2, -0.15) is 5.26 Å². The number of hydrogen-bond acceptors (Lipinski definition) is 5. The molecule has 1 heterocycles. The minimum atomic E-state index is -0.335. The Hall–Kier alpha value is -1.87. The third kappa shape index (κ3) is 4.32. The van der Waals surface area contributed by atoms with Crippen molar-refractivity contribution in [3.05, 3.63) is 22.9 Å². The van der Waals surface area contributed by atoms with E-state index in [4.69, 9.17) is 0 Å². The van der Waals surface area contributed by atoms with Gasteiger partial charge in [-0.3, -0.25) is 9.59 Å². The van der Waals surface area contributed by atoms with Gasteiger partial charge in [-0.1, -0.05) is 24.6 Å². The highest BCUT2D eigenvalue weighted by molar-refractivity contribution is 8.00. The fourth-order valence-electron chi connectivity index (χ4n) is 2.72. The first-order chi connectivity index (χ1) is 10.9. The summed E-state index contributed by atoms with van der Waals surface area (Å²) in [6.45, 7) is 5.01. The van der Waals surface area contributed by atoms with Crippen molar-refractivity contribution in [2.24, 2.45) is 0 Å². The van der Waals surface area contributed by atoms with Gasteiger partial charge in [0.2, 0.25) is 5.91 Å². The third-order valence-corrected chi connectivity index (χ3v) is 5.14. The van der Waals surface area contributed by atoms with Gasteiger partial charge in [-0.05, 0) is 39.7 Å². The molecule has 1 aromatic rings. The minimum Gasteiger partial charge on any atom is -0.352 e. The molecule has 0 saturated heterocycles. The Morgan fingerprint density at radius 3 is 2.65 bits per heavy atom. The van der Waals surface area contributed by atoms with E-state index in [0.29, 0.717) is 21.8 Å². The summed E-state index contributed by atoms with van der Waals surface area (Å²) in [4.78, 5) is 28.2. The van der Waals surface area contributed by atoms with E-state index in [0.717, 1.165) is 25.7 Å². The van der Waals surface area contributed by atoms with Crippen LogP contribution in [0.4, 0.5) is 0 Å². The molecule has 2 rings (SSSR count). The van der Waals surface area contributed by atoms with Crippen LogP contribution < -0.4 is 5.32 Å². The lowest BCUT2D eigenvalue weighted by Crippen LogP contribution is -2.37. The zero-order chi connectivity index (χ0) is 17.0. The molecule has 0 spiro atoms. The predicted molar refractivity (Wildman–Crippen MR) is 89.4 cm³/mol. The van der Waals surface area contributed by atoms with Gasteiger partial charge in [-0.25, -0.2) is 4.98 Å². The van der Waals surface area contributed by atoms with Crippen molar-refractivity contribution in [3.8, 4) is 6.07 Å². The summed E-state index contributed by atoms with van der Waals surface area (Å²) in [5.74, 6) is -0.143. The van der Waals surface area contributed by atoms with Crippen LogP contribution in [0.15, 0.2) is 11.1 Å². The monoisotopic (exact) mass is 331 g/mol. The predicted octanol–water partition coefficient (Wildman–Crippen LogP) is 3.00. The summed E-state index contributed by atoms with van der Waals surface area (Å²) >= 11 is 1.26. The van der Waals surface area contributed by atoms with Gasteiger partial charge in [0.15, 0.2) is 5.78 Å². The zero-order valence-electron chi connectivity index (χ0n) is 13.7. The Labute approximate surface area is 140 Å². The fraction of sp³-hybridized carbons (Fsp3) is 0.529. The number of nitrogens with one attached hydrogen (secondary N) is 1. The van der Waals surface area contributed by atoms with E-state index >= 15 is 0 Å². The lowest BCUT2D eigenvalue weighted by atomic mass is 10.1. The highest BCUT2D eigenvalue weighted by Crippen LogP contribution is 2.27. The van der Waals surface area contributed by atoms with Gasteiger partial charge in [0.25, 0.3) is 0 Å². The van der Waals surface area contributed by atoms with Crippen LogP contribution in [0.3, 0.4) is 0 Å². The molecule has 122 valence electrons. The number of thioether (sulfide) groups is 1. The molecule has 1 atom stereocenters. The van der Waals surface area contributed by atoms with Crippen LogP contribution in [0, 0.1) is 18.3 Å². The maximum Gasteiger partial charge on any atom is 0.233 e. The Morgan fingerprint density at radius 1 is 1.43 bits per heavy atom. The SMILES string of the molecule is CC(=O)c1cc(C#N)c(SC(C)C(=O)NC2CCCC2)nc1C. The number of rotatable bonds is 5. The summed E-state index contributed by atoms with van der Waals surface area (Å²) in [6.07, 6.45) is 4.41. The van der Waals surface area contributed by atoms with E-state index < -0.39 is 0 Å². The topological polar surface area (TPSA) is 82.8 Å². The molecule has 1 aliphatic rings. The third-order valence-electron chi connectivity index (χ3n) is 4.04. The van der Waals surface area contributed by atoms with Crippen LogP contribution in [0.1, 0.15) is 61.1 Å². The Morgan fingerprint density at radius 2 is 2.09 bits per heavy atom. The number of amides is 1. The summed E-state index contributed by atoms with van der Waals surface area (Å²) in [5, 5.41) is 12.5. The number of aryl methyl sites for hydroxylation is 1. The number of nitrogens with zero attached hydrogens (tertiary/aromatic N) is 2. The number of pyridine rings is 1. The van der Waals surface area contributed by atoms with Crippen molar-refractivity contribution in [2.45, 2.75) is 62.8 Å². The molecule has 6 heteroatoms. The summed E-state index contributed by atoms with van der Waals surface area (Å²) in [5.41, 5.74) is 1.38. The Balaban J connectivity index is 2.12. The minimum absolute atomic E-state index is 0.0270. The molecule has 0 radical (unpaired) electrons. The first kappa shape index (κ1) is 17.5. The molecular formula is C17H21N3O2S. The molecule has 1 amide bonds. The lowest BCUT2D eigenvalue weighted by molar-refractivity contribution is -0.120. The summed E-state index contributed by atoms with van der Waals surface area (Å²) in [7, 11) is 0. The van der Waals surface area contributed by atoms with Crippen molar-refractivity contribution in [1.82, 2.24) is 10.3 Å². The zero-order valence-corrected chi connectivity index (χ0v) is 14.5. The van der Waals surface area contributed by atoms with E-state index in [9.17, 15) is 14.9 Å². The average molecular weight is 331 g/mol. The molecule has 1 unspecified atom stereocenters. The maximum atomic E-state index is 12.3. The van der Waals surface area contributed by atoms with Crippen LogP contribution >= 0.6 is 11.8 Å². The van der Waals surface area contributed by atoms with Crippen molar-refractivity contribution in [1.29, 1.82) is 5.26 Å². The molecule has 1 aliphatic carbocycles. The molecule has 1 saturated carbocycles. The van der Waals surface area contributed by atoms with Crippen LogP contribution in [-0.4, -0.2) is 28.0 Å². The first-order valence-electron chi connectivity index (χ1n) is 7.82. The van der Waals surface area contributed by atoms with Gasteiger partial charge in [0.05, 0.1) is 10.8 Å². The largest absolute Gasteiger partial charge is 0.352 e. The van der Waals surface area contributed by atoms with Crippen LogP contribution in [0.2, 0.25) is 0 Å². The van der Waals surface area contributed by atoms with Crippen molar-refractivity contribution in [3.63, 3.8) is 0 Å². The molecule has 1 fully saturated rings. The Kier molecular flexibility index (Phi) is 5.78. The van der Waals surface area contributed by atoms with Crippen LogP contribution in [0.25, 0.3) is 0 Å². The number of Topliss-reactive ketones (excluding diaryl/α,β-unsaturated/α-hetero) is 1. The summed E-state index contributed by atoms with van der Waals surface area (Å²) in [6, 6.07) is 3.91. The van der Waals surface area contributed by atoms with Gasteiger partial charge < -0.3 is 5.32 Å². The number of carbonyl (C=O) groups excluding carboxylic acids is 2. The van der Waals surface area contributed by atoms with Gasteiger partial charge >= 0.3 is 0 Å². The van der Waals surface area contributed by atoms with Gasteiger partial charge in [0, 0.05) is 17.3 Å². The second kappa shape index (κ2) is 7.60. The van der Waals surface area contributed by atoms with E-state index in [1.807, 2.05) is 6.92 Å². The average Bonchev–Trinajstić information content (AvgIpc) is 2.99. The molecule has 1 N–H and O–H groups in total. The normalized spacial score (nSPS) is 15.9. The maximum absolute atomic E-state index is 12.3. The molecular weight excluding hydrogens is 310 g/mol. The molecule has 23 heavy (non-hydrogen) atoms. The highest BCUT2D eigenvalue weighted by Gasteiger charge is 2.23. The highest BCUT2D eigenvalue weighted by atomic mass is 32.2. The van der Waals surface area contributed by atoms with Crippen LogP contribution in [0.5, 0.6) is 0 Å². The standard InChI is InChI=1S/C17H21N3O2S/c1-10-15(11(2)21)8-13(9-18)17(19-10)23-12(3)16(22)20-14-6-4-5-7-14/h8,12,14H,4-7H2,1-3H3,(H,20,22). The van der Waals surface area contributed by atoms with E-state index in [2.05, 4.69) is 16.4 Å². The molecule has 0 aliphatic heterocycles. The lowest BCUT2D eigenvalue weighted by Gasteiger charge is -2.17. The van der Waals surface area contributed by atoms with E-state index in [1.54, 1.807) is 13.0 Å². The van der Waals surface area contributed by atoms with Crippen molar-refractivity contribution >= 4 is 23.5 Å². The van der Waals surface area contributed by atoms with Crippen molar-refractivity contribution < 1.29 is 9.59 Å². The second-order valence-electron chi connectivity index (χ2n) is 5.89. The first-order valence-corrected chi connectivity index (χ1v) is 8.70. The van der Waals surface area contributed by atoms with Crippen LogP contribution in [-0.2, 0) is 4.79 Å².